The van der Waals surface area contributed by atoms with E-state index in [-0.39, 0.29) is 17.1 Å². The highest BCUT2D eigenvalue weighted by molar-refractivity contribution is 5.99. The second kappa shape index (κ2) is 7.72. The summed E-state index contributed by atoms with van der Waals surface area (Å²) in [5, 5.41) is 0.452. The van der Waals surface area contributed by atoms with E-state index in [1.165, 1.54) is 0 Å². The lowest BCUT2D eigenvalue weighted by Gasteiger charge is -2.25. The van der Waals surface area contributed by atoms with Crippen molar-refractivity contribution in [2.24, 2.45) is 0 Å². The van der Waals surface area contributed by atoms with Gasteiger partial charge in [0.05, 0.1) is 24.1 Å². The predicted molar refractivity (Wildman–Crippen MR) is 112 cm³/mol. The third-order valence-electron chi connectivity index (χ3n) is 5.29. The third kappa shape index (κ3) is 3.40. The maximum atomic E-state index is 13.4. The number of carbonyl (C=O) groups excluding carboxylic acids is 1. The van der Waals surface area contributed by atoms with Crippen molar-refractivity contribution in [1.29, 1.82) is 0 Å². The zero-order valence-electron chi connectivity index (χ0n) is 16.8. The minimum Gasteiger partial charge on any atom is -0.497 e. The van der Waals surface area contributed by atoms with Gasteiger partial charge in [-0.2, -0.15) is 0 Å². The number of amides is 1. The van der Waals surface area contributed by atoms with E-state index in [0.29, 0.717) is 28.8 Å². The Morgan fingerprint density at radius 1 is 1.10 bits per heavy atom. The SMILES string of the molecule is COc1ccc2c(=O)c3c(oc2c1)C(=O)N(CCCN(C)C)[C@@H]3c1ccccc1. The Labute approximate surface area is 169 Å². The molecule has 2 heterocycles. The number of hydrogen-bond acceptors (Lipinski definition) is 5. The molecule has 4 rings (SSSR count). The summed E-state index contributed by atoms with van der Waals surface area (Å²) >= 11 is 0. The normalized spacial score (nSPS) is 15.9. The number of nitrogens with zero attached hydrogens (tertiary/aromatic N) is 2. The van der Waals surface area contributed by atoms with Crippen molar-refractivity contribution in [2.45, 2.75) is 12.5 Å². The number of ether oxygens (including phenoxy) is 1. The number of carbonyl (C=O) groups is 1. The van der Waals surface area contributed by atoms with Gasteiger partial charge in [0, 0.05) is 12.6 Å². The molecule has 0 fully saturated rings. The van der Waals surface area contributed by atoms with Crippen LogP contribution in [0.3, 0.4) is 0 Å². The molecular formula is C23H24N2O4. The van der Waals surface area contributed by atoms with Gasteiger partial charge in [0.25, 0.3) is 5.91 Å². The zero-order valence-corrected chi connectivity index (χ0v) is 16.8. The van der Waals surface area contributed by atoms with E-state index in [4.69, 9.17) is 9.15 Å². The zero-order chi connectivity index (χ0) is 20.5. The van der Waals surface area contributed by atoms with Crippen LogP contribution in [-0.2, 0) is 0 Å². The molecule has 1 atom stereocenters. The molecule has 29 heavy (non-hydrogen) atoms. The van der Waals surface area contributed by atoms with Gasteiger partial charge >= 0.3 is 0 Å². The molecule has 0 spiro atoms. The Kier molecular flexibility index (Phi) is 5.11. The highest BCUT2D eigenvalue weighted by atomic mass is 16.5. The minimum absolute atomic E-state index is 0.134. The van der Waals surface area contributed by atoms with E-state index in [0.717, 1.165) is 18.5 Å². The first kappa shape index (κ1) is 19.2. The van der Waals surface area contributed by atoms with Crippen molar-refractivity contribution in [3.05, 3.63) is 75.6 Å². The summed E-state index contributed by atoms with van der Waals surface area (Å²) in [4.78, 5) is 30.5. The topological polar surface area (TPSA) is 63.0 Å². The lowest BCUT2D eigenvalue weighted by atomic mass is 9.98. The van der Waals surface area contributed by atoms with Crippen molar-refractivity contribution in [2.75, 3.05) is 34.3 Å². The van der Waals surface area contributed by atoms with Gasteiger partial charge in [-0.15, -0.1) is 0 Å². The number of fused-ring (bicyclic) bond motifs is 2. The molecule has 6 nitrogen and oxygen atoms in total. The molecule has 1 aliphatic rings. The lowest BCUT2D eigenvalue weighted by Crippen LogP contribution is -2.32. The predicted octanol–water partition coefficient (Wildman–Crippen LogP) is 3.30. The maximum Gasteiger partial charge on any atom is 0.290 e. The molecule has 0 bridgehead atoms. The largest absolute Gasteiger partial charge is 0.497 e. The van der Waals surface area contributed by atoms with Gasteiger partial charge in [-0.05, 0) is 44.8 Å². The second-order valence-electron chi connectivity index (χ2n) is 7.50. The second-order valence-corrected chi connectivity index (χ2v) is 7.50. The van der Waals surface area contributed by atoms with Gasteiger partial charge in [0.15, 0.2) is 5.43 Å². The summed E-state index contributed by atoms with van der Waals surface area (Å²) in [6.45, 7) is 1.39. The first-order chi connectivity index (χ1) is 14.0. The first-order valence-electron chi connectivity index (χ1n) is 9.66. The van der Waals surface area contributed by atoms with Gasteiger partial charge < -0.3 is 19.0 Å². The summed E-state index contributed by atoms with van der Waals surface area (Å²) in [5.74, 6) is 0.470. The Morgan fingerprint density at radius 2 is 1.86 bits per heavy atom. The van der Waals surface area contributed by atoms with Crippen LogP contribution in [0, 0.1) is 0 Å². The molecule has 0 saturated heterocycles. The third-order valence-corrected chi connectivity index (χ3v) is 5.29. The quantitative estimate of drug-likeness (QED) is 0.644. The molecule has 3 aromatic rings. The minimum atomic E-state index is -0.441. The summed E-state index contributed by atoms with van der Waals surface area (Å²) in [6.07, 6.45) is 0.803. The average molecular weight is 392 g/mol. The van der Waals surface area contributed by atoms with Crippen LogP contribution in [0.4, 0.5) is 0 Å². The van der Waals surface area contributed by atoms with Gasteiger partial charge in [0.1, 0.15) is 11.3 Å². The van der Waals surface area contributed by atoms with Gasteiger partial charge in [-0.1, -0.05) is 30.3 Å². The van der Waals surface area contributed by atoms with Crippen LogP contribution in [0.2, 0.25) is 0 Å². The van der Waals surface area contributed by atoms with Crippen LogP contribution in [0.15, 0.2) is 57.7 Å². The van der Waals surface area contributed by atoms with Crippen LogP contribution < -0.4 is 10.2 Å². The van der Waals surface area contributed by atoms with Gasteiger partial charge in [-0.25, -0.2) is 0 Å². The van der Waals surface area contributed by atoms with Gasteiger partial charge in [0.2, 0.25) is 5.76 Å². The Bertz CT molecular complexity index is 1110. The van der Waals surface area contributed by atoms with Crippen molar-refractivity contribution in [3.63, 3.8) is 0 Å². The molecule has 1 amide bonds. The summed E-state index contributed by atoms with van der Waals surface area (Å²) < 4.78 is 11.2. The smallest absolute Gasteiger partial charge is 0.290 e. The maximum absolute atomic E-state index is 13.4. The van der Waals surface area contributed by atoms with Crippen LogP contribution in [-0.4, -0.2) is 50.0 Å². The molecule has 0 aliphatic carbocycles. The standard InChI is InChI=1S/C23H24N2O4/c1-24(2)12-7-13-25-20(15-8-5-4-6-9-15)19-21(26)17-11-10-16(28-3)14-18(17)29-22(19)23(25)27/h4-6,8-11,14,20H,7,12-13H2,1-3H3/t20-/m1/s1. The molecule has 0 radical (unpaired) electrons. The highest BCUT2D eigenvalue weighted by Crippen LogP contribution is 2.38. The molecule has 0 saturated carbocycles. The van der Waals surface area contributed by atoms with Crippen molar-refractivity contribution in [3.8, 4) is 5.75 Å². The van der Waals surface area contributed by atoms with Crippen LogP contribution in [0.25, 0.3) is 11.0 Å². The summed E-state index contributed by atoms with van der Waals surface area (Å²) in [5.41, 5.74) is 1.53. The summed E-state index contributed by atoms with van der Waals surface area (Å²) in [6, 6.07) is 14.3. The molecular weight excluding hydrogens is 368 g/mol. The van der Waals surface area contributed by atoms with Crippen molar-refractivity contribution in [1.82, 2.24) is 9.80 Å². The molecule has 1 aromatic heterocycles. The first-order valence-corrected chi connectivity index (χ1v) is 9.66. The number of hydrogen-bond donors (Lipinski definition) is 0. The van der Waals surface area contributed by atoms with Crippen LogP contribution in [0.1, 0.15) is 34.1 Å². The fraction of sp³-hybridized carbons (Fsp3) is 0.304. The molecule has 6 heteroatoms. The lowest BCUT2D eigenvalue weighted by molar-refractivity contribution is 0.0722. The van der Waals surface area contributed by atoms with E-state index in [1.54, 1.807) is 30.2 Å². The number of benzene rings is 2. The molecule has 1 aliphatic heterocycles. The number of methoxy groups -OCH3 is 1. The fourth-order valence-corrected chi connectivity index (χ4v) is 3.90. The van der Waals surface area contributed by atoms with E-state index >= 15 is 0 Å². The van der Waals surface area contributed by atoms with Crippen molar-refractivity contribution >= 4 is 16.9 Å². The van der Waals surface area contributed by atoms with E-state index < -0.39 is 6.04 Å². The Hall–Kier alpha value is -3.12. The molecule has 2 aromatic carbocycles. The monoisotopic (exact) mass is 392 g/mol. The molecule has 0 unspecified atom stereocenters. The Balaban J connectivity index is 1.87. The van der Waals surface area contributed by atoms with E-state index in [2.05, 4.69) is 4.90 Å². The van der Waals surface area contributed by atoms with Crippen molar-refractivity contribution < 1.29 is 13.9 Å². The van der Waals surface area contributed by atoms with E-state index in [1.807, 2.05) is 44.4 Å². The molecule has 150 valence electrons. The average Bonchev–Trinajstić information content (AvgIpc) is 3.00. The van der Waals surface area contributed by atoms with Crippen LogP contribution >= 0.6 is 0 Å². The van der Waals surface area contributed by atoms with Crippen LogP contribution in [0.5, 0.6) is 5.75 Å². The van der Waals surface area contributed by atoms with E-state index in [9.17, 15) is 9.59 Å². The fourth-order valence-electron chi connectivity index (χ4n) is 3.90. The summed E-state index contributed by atoms with van der Waals surface area (Å²) in [7, 11) is 5.55. The highest BCUT2D eigenvalue weighted by Gasteiger charge is 2.42. The molecule has 0 N–H and O–H groups in total. The Morgan fingerprint density at radius 3 is 2.55 bits per heavy atom. The van der Waals surface area contributed by atoms with Gasteiger partial charge in [-0.3, -0.25) is 9.59 Å². The number of rotatable bonds is 6.